The van der Waals surface area contributed by atoms with Crippen molar-refractivity contribution < 1.29 is 9.90 Å². The van der Waals surface area contributed by atoms with Crippen LogP contribution in [0.4, 0.5) is 10.5 Å². The molecule has 0 radical (unpaired) electrons. The highest BCUT2D eigenvalue weighted by Gasteiger charge is 2.26. The number of halogens is 2. The molecule has 2 amide bonds. The zero-order valence-electron chi connectivity index (χ0n) is 11.1. The number of benzene rings is 1. The number of hydrogen-bond donors (Lipinski definition) is 2. The zero-order valence-corrected chi connectivity index (χ0v) is 12.6. The van der Waals surface area contributed by atoms with E-state index in [1.165, 1.54) is 0 Å². The second-order valence-electron chi connectivity index (χ2n) is 4.94. The smallest absolute Gasteiger partial charge is 0.322 e. The fourth-order valence-electron chi connectivity index (χ4n) is 2.59. The Bertz CT molecular complexity index is 456. The number of rotatable bonds is 4. The maximum Gasteiger partial charge on any atom is 0.322 e. The first kappa shape index (κ1) is 15.4. The number of carbonyl (C=O) groups is 1. The number of aliphatic hydroxyl groups excluding tert-OH is 1. The van der Waals surface area contributed by atoms with Crippen LogP contribution >= 0.6 is 23.2 Å². The lowest BCUT2D eigenvalue weighted by Crippen LogP contribution is -2.43. The molecule has 1 fully saturated rings. The highest BCUT2D eigenvalue weighted by atomic mass is 35.5. The number of urea groups is 1. The van der Waals surface area contributed by atoms with E-state index in [1.807, 2.05) is 0 Å². The predicted molar refractivity (Wildman–Crippen MR) is 81.5 cm³/mol. The second kappa shape index (κ2) is 7.16. The summed E-state index contributed by atoms with van der Waals surface area (Å²) in [4.78, 5) is 14.0. The Morgan fingerprint density at radius 3 is 2.40 bits per heavy atom. The highest BCUT2D eigenvalue weighted by Crippen LogP contribution is 2.26. The van der Waals surface area contributed by atoms with Crippen molar-refractivity contribution in [1.82, 2.24) is 4.90 Å². The van der Waals surface area contributed by atoms with Gasteiger partial charge >= 0.3 is 6.03 Å². The van der Waals surface area contributed by atoms with Crippen LogP contribution in [0.25, 0.3) is 0 Å². The van der Waals surface area contributed by atoms with Gasteiger partial charge in [-0.25, -0.2) is 4.79 Å². The number of nitrogens with one attached hydrogen (secondary N) is 1. The molecule has 6 heteroatoms. The number of nitrogens with zero attached hydrogens (tertiary/aromatic N) is 1. The van der Waals surface area contributed by atoms with Gasteiger partial charge in [-0.15, -0.1) is 0 Å². The van der Waals surface area contributed by atoms with Crippen LogP contribution < -0.4 is 5.32 Å². The Morgan fingerprint density at radius 2 is 1.85 bits per heavy atom. The monoisotopic (exact) mass is 316 g/mol. The number of aliphatic hydroxyl groups is 1. The van der Waals surface area contributed by atoms with Crippen LogP contribution in [0.15, 0.2) is 18.2 Å². The van der Waals surface area contributed by atoms with E-state index in [0.717, 1.165) is 25.7 Å². The summed E-state index contributed by atoms with van der Waals surface area (Å²) in [5, 5.41) is 12.9. The number of anilines is 1. The molecule has 0 heterocycles. The molecule has 1 aliphatic rings. The maximum atomic E-state index is 12.3. The lowest BCUT2D eigenvalue weighted by molar-refractivity contribution is 0.163. The van der Waals surface area contributed by atoms with E-state index in [1.54, 1.807) is 23.1 Å². The van der Waals surface area contributed by atoms with Gasteiger partial charge in [-0.2, -0.15) is 0 Å². The van der Waals surface area contributed by atoms with Crippen LogP contribution in [0.5, 0.6) is 0 Å². The second-order valence-corrected chi connectivity index (χ2v) is 5.82. The summed E-state index contributed by atoms with van der Waals surface area (Å²) in [6.45, 7) is 0.297. The first-order chi connectivity index (χ1) is 9.60. The molecule has 1 aliphatic carbocycles. The van der Waals surface area contributed by atoms with E-state index in [2.05, 4.69) is 5.32 Å². The van der Waals surface area contributed by atoms with Gasteiger partial charge in [-0.3, -0.25) is 0 Å². The minimum atomic E-state index is -0.218. The van der Waals surface area contributed by atoms with Crippen molar-refractivity contribution in [2.45, 2.75) is 31.7 Å². The third kappa shape index (κ3) is 4.01. The van der Waals surface area contributed by atoms with E-state index in [-0.39, 0.29) is 18.7 Å². The van der Waals surface area contributed by atoms with Gasteiger partial charge in [-0.05, 0) is 31.0 Å². The predicted octanol–water partition coefficient (Wildman–Crippen LogP) is 3.76. The molecule has 4 nitrogen and oxygen atoms in total. The Balaban J connectivity index is 2.07. The molecule has 0 atom stereocenters. The number of carbonyl (C=O) groups excluding carboxylic acids is 1. The summed E-state index contributed by atoms with van der Waals surface area (Å²) in [6.07, 6.45) is 4.24. The van der Waals surface area contributed by atoms with Crippen LogP contribution in [-0.2, 0) is 0 Å². The van der Waals surface area contributed by atoms with Gasteiger partial charge < -0.3 is 15.3 Å². The van der Waals surface area contributed by atoms with Crippen molar-refractivity contribution in [3.8, 4) is 0 Å². The third-order valence-corrected chi connectivity index (χ3v) is 3.92. The minimum Gasteiger partial charge on any atom is -0.395 e. The largest absolute Gasteiger partial charge is 0.395 e. The van der Waals surface area contributed by atoms with Gasteiger partial charge in [0.05, 0.1) is 6.61 Å². The van der Waals surface area contributed by atoms with Crippen molar-refractivity contribution >= 4 is 34.9 Å². The van der Waals surface area contributed by atoms with E-state index in [0.29, 0.717) is 22.3 Å². The maximum absolute atomic E-state index is 12.3. The average Bonchev–Trinajstić information content (AvgIpc) is 2.87. The van der Waals surface area contributed by atoms with Crippen LogP contribution in [0.2, 0.25) is 10.0 Å². The highest BCUT2D eigenvalue weighted by molar-refractivity contribution is 6.35. The standard InChI is InChI=1S/C14H18Cl2N2O2/c15-10-7-11(16)9-12(8-10)17-14(20)18(5-6-19)13-3-1-2-4-13/h7-9,13,19H,1-6H2,(H,17,20). The lowest BCUT2D eigenvalue weighted by atomic mass is 10.2. The van der Waals surface area contributed by atoms with Crippen molar-refractivity contribution in [1.29, 1.82) is 0 Å². The van der Waals surface area contributed by atoms with Crippen molar-refractivity contribution in [3.63, 3.8) is 0 Å². The van der Waals surface area contributed by atoms with Gasteiger partial charge in [0, 0.05) is 28.3 Å². The summed E-state index contributed by atoms with van der Waals surface area (Å²) in [6, 6.07) is 4.90. The lowest BCUT2D eigenvalue weighted by Gasteiger charge is -2.28. The molecule has 0 spiro atoms. The molecule has 1 saturated carbocycles. The minimum absolute atomic E-state index is 0.0414. The van der Waals surface area contributed by atoms with Crippen LogP contribution in [0.3, 0.4) is 0 Å². The number of amides is 2. The molecule has 0 aromatic heterocycles. The summed E-state index contributed by atoms with van der Waals surface area (Å²) in [7, 11) is 0. The Morgan fingerprint density at radius 1 is 1.25 bits per heavy atom. The topological polar surface area (TPSA) is 52.6 Å². The molecule has 0 aliphatic heterocycles. The molecule has 2 N–H and O–H groups in total. The number of hydrogen-bond acceptors (Lipinski definition) is 2. The molecule has 2 rings (SSSR count). The SMILES string of the molecule is O=C(Nc1cc(Cl)cc(Cl)c1)N(CCO)C1CCCC1. The van der Waals surface area contributed by atoms with Crippen LogP contribution in [-0.4, -0.2) is 35.2 Å². The summed E-state index contributed by atoms with van der Waals surface area (Å²) in [5.74, 6) is 0. The molecular weight excluding hydrogens is 299 g/mol. The normalized spacial score (nSPS) is 15.3. The zero-order chi connectivity index (χ0) is 14.5. The first-order valence-corrected chi connectivity index (χ1v) is 7.50. The van der Waals surface area contributed by atoms with Gasteiger partial charge in [0.2, 0.25) is 0 Å². The van der Waals surface area contributed by atoms with Gasteiger partial charge in [-0.1, -0.05) is 36.0 Å². The van der Waals surface area contributed by atoms with Crippen molar-refractivity contribution in [3.05, 3.63) is 28.2 Å². The quantitative estimate of drug-likeness (QED) is 0.888. The molecular formula is C14H18Cl2N2O2. The molecule has 1 aromatic carbocycles. The summed E-state index contributed by atoms with van der Waals surface area (Å²) in [5.41, 5.74) is 0.563. The molecule has 0 bridgehead atoms. The summed E-state index contributed by atoms with van der Waals surface area (Å²) < 4.78 is 0. The van der Waals surface area contributed by atoms with E-state index < -0.39 is 0 Å². The Kier molecular flexibility index (Phi) is 5.52. The van der Waals surface area contributed by atoms with Crippen LogP contribution in [0.1, 0.15) is 25.7 Å². The molecule has 20 heavy (non-hydrogen) atoms. The van der Waals surface area contributed by atoms with Crippen LogP contribution in [0, 0.1) is 0 Å². The Hall–Kier alpha value is -0.970. The van der Waals surface area contributed by atoms with E-state index in [9.17, 15) is 4.79 Å². The molecule has 1 aromatic rings. The van der Waals surface area contributed by atoms with Gasteiger partial charge in [0.25, 0.3) is 0 Å². The molecule has 110 valence electrons. The summed E-state index contributed by atoms with van der Waals surface area (Å²) >= 11 is 11.8. The van der Waals surface area contributed by atoms with Gasteiger partial charge in [0.15, 0.2) is 0 Å². The van der Waals surface area contributed by atoms with Crippen molar-refractivity contribution in [2.75, 3.05) is 18.5 Å². The molecule has 0 unspecified atom stereocenters. The molecule has 0 saturated heterocycles. The van der Waals surface area contributed by atoms with Crippen molar-refractivity contribution in [2.24, 2.45) is 0 Å². The third-order valence-electron chi connectivity index (χ3n) is 3.48. The fraction of sp³-hybridized carbons (Fsp3) is 0.500. The Labute approximate surface area is 128 Å². The van der Waals surface area contributed by atoms with Gasteiger partial charge in [0.1, 0.15) is 0 Å². The fourth-order valence-corrected chi connectivity index (χ4v) is 3.12. The van der Waals surface area contributed by atoms with E-state index >= 15 is 0 Å². The van der Waals surface area contributed by atoms with E-state index in [4.69, 9.17) is 28.3 Å². The average molecular weight is 317 g/mol. The first-order valence-electron chi connectivity index (χ1n) is 6.74.